The van der Waals surface area contributed by atoms with Crippen molar-refractivity contribution >= 4 is 75.9 Å². The first-order chi connectivity index (χ1) is 21.8. The van der Waals surface area contributed by atoms with Gasteiger partial charge in [-0.1, -0.05) is 109 Å². The second kappa shape index (κ2) is 8.82. The van der Waals surface area contributed by atoms with Gasteiger partial charge in [-0.3, -0.25) is 0 Å². The minimum Gasteiger partial charge on any atom is -0.309 e. The first-order valence-electron chi connectivity index (χ1n) is 15.2. The number of rotatable bonds is 2. The summed E-state index contributed by atoms with van der Waals surface area (Å²) in [5.74, 6) is 0. The van der Waals surface area contributed by atoms with E-state index in [2.05, 4.69) is 167 Å². The van der Waals surface area contributed by atoms with Crippen LogP contribution in [0.3, 0.4) is 0 Å². The van der Waals surface area contributed by atoms with Crippen LogP contribution in [-0.4, -0.2) is 9.13 Å². The molecule has 0 spiro atoms. The highest BCUT2D eigenvalue weighted by molar-refractivity contribution is 6.29. The first-order valence-corrected chi connectivity index (χ1v) is 15.2. The molecule has 0 aliphatic carbocycles. The lowest BCUT2D eigenvalue weighted by atomic mass is 10.0. The van der Waals surface area contributed by atoms with Gasteiger partial charge in [0.1, 0.15) is 0 Å². The predicted molar refractivity (Wildman–Crippen MR) is 188 cm³/mol. The smallest absolute Gasteiger partial charge is 0.0548 e. The predicted octanol–water partition coefficient (Wildman–Crippen LogP) is 11.3. The second-order valence-corrected chi connectivity index (χ2v) is 11.8. The van der Waals surface area contributed by atoms with Crippen molar-refractivity contribution in [2.45, 2.75) is 0 Å². The largest absolute Gasteiger partial charge is 0.309 e. The number of hydrogen-bond donors (Lipinski definition) is 0. The van der Waals surface area contributed by atoms with E-state index in [9.17, 15) is 0 Å². The molecule has 2 heteroatoms. The van der Waals surface area contributed by atoms with Gasteiger partial charge >= 0.3 is 0 Å². The number of fused-ring (bicyclic) bond motifs is 11. The van der Waals surface area contributed by atoms with E-state index in [0.717, 1.165) is 0 Å². The molecule has 2 heterocycles. The van der Waals surface area contributed by atoms with Crippen LogP contribution in [0.4, 0.5) is 0 Å². The standard InChI is InChI=1S/C42H26N2/c1-2-11-30-25-31(21-19-27(30)9-1)43-37-15-7-5-13-34(37)41-39(43)23-24-40-42(41)35-14-6-8-16-38(35)44(40)32-22-20-29-18-17-28-10-3-4-12-33(28)36(29)26-32/h1-26H. The van der Waals surface area contributed by atoms with E-state index in [-0.39, 0.29) is 0 Å². The van der Waals surface area contributed by atoms with Gasteiger partial charge in [0.15, 0.2) is 0 Å². The van der Waals surface area contributed by atoms with Crippen molar-refractivity contribution in [1.82, 2.24) is 9.13 Å². The molecular formula is C42H26N2. The third-order valence-corrected chi connectivity index (χ3v) is 9.45. The molecule has 2 aromatic heterocycles. The highest BCUT2D eigenvalue weighted by Gasteiger charge is 2.20. The molecule has 0 amide bonds. The lowest BCUT2D eigenvalue weighted by Gasteiger charge is -2.11. The molecule has 2 nitrogen and oxygen atoms in total. The SMILES string of the molecule is c1ccc2cc(-n3c4ccccc4c4c5c6ccccc6n(-c6ccc7ccc8ccccc8c7c6)c5ccc43)ccc2c1. The fourth-order valence-electron chi connectivity index (χ4n) is 7.52. The van der Waals surface area contributed by atoms with Crippen molar-refractivity contribution in [2.24, 2.45) is 0 Å². The summed E-state index contributed by atoms with van der Waals surface area (Å²) >= 11 is 0. The molecular weight excluding hydrogens is 532 g/mol. The first kappa shape index (κ1) is 23.7. The van der Waals surface area contributed by atoms with Crippen LogP contribution < -0.4 is 0 Å². The van der Waals surface area contributed by atoms with Crippen LogP contribution in [0.2, 0.25) is 0 Å². The summed E-state index contributed by atoms with van der Waals surface area (Å²) in [5.41, 5.74) is 7.24. The van der Waals surface area contributed by atoms with Crippen LogP contribution in [0.25, 0.3) is 87.3 Å². The average Bonchev–Trinajstić information content (AvgIpc) is 3.60. The van der Waals surface area contributed by atoms with E-state index >= 15 is 0 Å². The Morgan fingerprint density at radius 1 is 0.273 bits per heavy atom. The Hall–Kier alpha value is -5.86. The Kier molecular flexibility index (Phi) is 4.75. The van der Waals surface area contributed by atoms with E-state index in [1.54, 1.807) is 0 Å². The average molecular weight is 559 g/mol. The van der Waals surface area contributed by atoms with Crippen molar-refractivity contribution in [3.8, 4) is 11.4 Å². The van der Waals surface area contributed by atoms with Gasteiger partial charge < -0.3 is 9.13 Å². The topological polar surface area (TPSA) is 9.86 Å². The van der Waals surface area contributed by atoms with E-state index in [1.165, 1.54) is 87.3 Å². The molecule has 204 valence electrons. The van der Waals surface area contributed by atoms with Gasteiger partial charge in [-0.05, 0) is 80.8 Å². The molecule has 0 unspecified atom stereocenters. The Bertz CT molecular complexity index is 2780. The summed E-state index contributed by atoms with van der Waals surface area (Å²) in [5, 5.41) is 12.7. The Morgan fingerprint density at radius 2 is 0.727 bits per heavy atom. The summed E-state index contributed by atoms with van der Waals surface area (Å²) in [6.07, 6.45) is 0. The molecule has 0 N–H and O–H groups in total. The van der Waals surface area contributed by atoms with E-state index in [0.29, 0.717) is 0 Å². The third-order valence-electron chi connectivity index (χ3n) is 9.45. The van der Waals surface area contributed by atoms with Crippen LogP contribution in [0.1, 0.15) is 0 Å². The van der Waals surface area contributed by atoms with Crippen LogP contribution >= 0.6 is 0 Å². The zero-order chi connectivity index (χ0) is 28.8. The number of nitrogens with zero attached hydrogens (tertiary/aromatic N) is 2. The summed E-state index contributed by atoms with van der Waals surface area (Å²) in [4.78, 5) is 0. The fraction of sp³-hybridized carbons (Fsp3) is 0. The summed E-state index contributed by atoms with van der Waals surface area (Å²) < 4.78 is 4.89. The van der Waals surface area contributed by atoms with Crippen LogP contribution in [-0.2, 0) is 0 Å². The summed E-state index contributed by atoms with van der Waals surface area (Å²) in [6, 6.07) is 57.8. The highest BCUT2D eigenvalue weighted by Crippen LogP contribution is 2.43. The van der Waals surface area contributed by atoms with Gasteiger partial charge in [-0.15, -0.1) is 0 Å². The van der Waals surface area contributed by atoms with Gasteiger partial charge in [0.05, 0.1) is 22.1 Å². The van der Waals surface area contributed by atoms with Crippen molar-refractivity contribution in [1.29, 1.82) is 0 Å². The Balaban J connectivity index is 1.33. The quantitative estimate of drug-likeness (QED) is 0.187. The van der Waals surface area contributed by atoms with Crippen LogP contribution in [0, 0.1) is 0 Å². The molecule has 0 radical (unpaired) electrons. The molecule has 0 aliphatic heterocycles. The second-order valence-electron chi connectivity index (χ2n) is 11.8. The van der Waals surface area contributed by atoms with Crippen LogP contribution in [0.15, 0.2) is 158 Å². The van der Waals surface area contributed by atoms with Crippen molar-refractivity contribution < 1.29 is 0 Å². The number of aromatic nitrogens is 2. The summed E-state index contributed by atoms with van der Waals surface area (Å²) in [7, 11) is 0. The molecule has 0 bridgehead atoms. The van der Waals surface area contributed by atoms with Gasteiger partial charge in [-0.25, -0.2) is 0 Å². The molecule has 44 heavy (non-hydrogen) atoms. The lowest BCUT2D eigenvalue weighted by Crippen LogP contribution is -1.95. The number of benzene rings is 8. The maximum absolute atomic E-state index is 2.45. The van der Waals surface area contributed by atoms with Crippen molar-refractivity contribution in [2.75, 3.05) is 0 Å². The van der Waals surface area contributed by atoms with Gasteiger partial charge in [-0.2, -0.15) is 0 Å². The van der Waals surface area contributed by atoms with Gasteiger partial charge in [0.25, 0.3) is 0 Å². The molecule has 8 aromatic carbocycles. The Labute approximate surface area is 253 Å². The Morgan fingerprint density at radius 3 is 1.39 bits per heavy atom. The van der Waals surface area contributed by atoms with Crippen molar-refractivity contribution in [3.63, 3.8) is 0 Å². The molecule has 10 aromatic rings. The van der Waals surface area contributed by atoms with Gasteiger partial charge in [0.2, 0.25) is 0 Å². The molecule has 0 atom stereocenters. The van der Waals surface area contributed by atoms with E-state index < -0.39 is 0 Å². The van der Waals surface area contributed by atoms with Crippen molar-refractivity contribution in [3.05, 3.63) is 158 Å². The highest BCUT2D eigenvalue weighted by atomic mass is 15.0. The molecule has 0 fully saturated rings. The third kappa shape index (κ3) is 3.20. The lowest BCUT2D eigenvalue weighted by molar-refractivity contribution is 1.18. The maximum atomic E-state index is 2.45. The minimum absolute atomic E-state index is 1.18. The van der Waals surface area contributed by atoms with E-state index in [1.807, 2.05) is 0 Å². The molecule has 10 rings (SSSR count). The van der Waals surface area contributed by atoms with Crippen LogP contribution in [0.5, 0.6) is 0 Å². The zero-order valence-corrected chi connectivity index (χ0v) is 23.9. The minimum atomic E-state index is 1.18. The van der Waals surface area contributed by atoms with E-state index in [4.69, 9.17) is 0 Å². The zero-order valence-electron chi connectivity index (χ0n) is 23.9. The molecule has 0 saturated carbocycles. The maximum Gasteiger partial charge on any atom is 0.0548 e. The summed E-state index contributed by atoms with van der Waals surface area (Å²) in [6.45, 7) is 0. The number of para-hydroxylation sites is 2. The normalized spacial score (nSPS) is 12.1. The number of hydrogen-bond acceptors (Lipinski definition) is 0. The molecule has 0 saturated heterocycles. The fourth-order valence-corrected chi connectivity index (χ4v) is 7.52. The monoisotopic (exact) mass is 558 g/mol. The van der Waals surface area contributed by atoms with Gasteiger partial charge in [0, 0.05) is 32.9 Å². The molecule has 0 aliphatic rings.